The second kappa shape index (κ2) is 13.8. The number of hydrogen-bond donors (Lipinski definition) is 1. The van der Waals surface area contributed by atoms with Crippen molar-refractivity contribution < 1.29 is 18.0 Å². The van der Waals surface area contributed by atoms with Gasteiger partial charge in [0.25, 0.3) is 10.0 Å². The molecule has 1 atom stereocenters. The summed E-state index contributed by atoms with van der Waals surface area (Å²) in [6.45, 7) is 9.81. The molecule has 9 heteroatoms. The maximum absolute atomic E-state index is 14.1. The first-order valence-corrected chi connectivity index (χ1v) is 15.2. The molecule has 214 valence electrons. The van der Waals surface area contributed by atoms with Crippen LogP contribution in [0.15, 0.2) is 77.7 Å². The van der Waals surface area contributed by atoms with Crippen molar-refractivity contribution in [2.75, 3.05) is 17.4 Å². The van der Waals surface area contributed by atoms with E-state index in [9.17, 15) is 18.0 Å². The average molecular weight is 584 g/mol. The highest BCUT2D eigenvalue weighted by atomic mass is 35.5. The molecule has 0 aliphatic rings. The zero-order chi connectivity index (χ0) is 29.4. The smallest absolute Gasteiger partial charge is 0.264 e. The number of nitrogens with zero attached hydrogens (tertiary/aromatic N) is 2. The van der Waals surface area contributed by atoms with Gasteiger partial charge in [0.1, 0.15) is 12.6 Å². The maximum Gasteiger partial charge on any atom is 0.264 e. The summed E-state index contributed by atoms with van der Waals surface area (Å²) in [7, 11) is -4.12. The second-order valence-electron chi connectivity index (χ2n) is 10.4. The molecule has 2 amide bonds. The summed E-state index contributed by atoms with van der Waals surface area (Å²) < 4.78 is 28.8. The quantitative estimate of drug-likeness (QED) is 0.295. The van der Waals surface area contributed by atoms with Gasteiger partial charge in [0, 0.05) is 18.1 Å². The number of carbonyl (C=O) groups excluding carboxylic acids is 2. The van der Waals surface area contributed by atoms with Gasteiger partial charge in [0.05, 0.1) is 10.6 Å². The van der Waals surface area contributed by atoms with Gasteiger partial charge in [-0.15, -0.1) is 0 Å². The van der Waals surface area contributed by atoms with Gasteiger partial charge in [-0.25, -0.2) is 8.42 Å². The first-order chi connectivity index (χ1) is 18.9. The molecule has 3 rings (SSSR count). The van der Waals surface area contributed by atoms with Crippen LogP contribution in [0.3, 0.4) is 0 Å². The summed E-state index contributed by atoms with van der Waals surface area (Å²) in [4.78, 5) is 28.9. The predicted molar refractivity (Wildman–Crippen MR) is 161 cm³/mol. The molecular weight excluding hydrogens is 546 g/mol. The Bertz CT molecular complexity index is 1410. The number of nitrogens with one attached hydrogen (secondary N) is 1. The lowest BCUT2D eigenvalue weighted by Gasteiger charge is -2.33. The number of benzene rings is 3. The third-order valence-corrected chi connectivity index (χ3v) is 8.55. The Balaban J connectivity index is 2.04. The summed E-state index contributed by atoms with van der Waals surface area (Å²) in [5, 5.41) is 3.38. The van der Waals surface area contributed by atoms with Crippen molar-refractivity contribution in [1.29, 1.82) is 0 Å². The van der Waals surface area contributed by atoms with Crippen LogP contribution in [0.4, 0.5) is 5.69 Å². The molecule has 0 heterocycles. The summed E-state index contributed by atoms with van der Waals surface area (Å²) in [6, 6.07) is 19.7. The molecule has 0 radical (unpaired) electrons. The molecule has 0 bridgehead atoms. The lowest BCUT2D eigenvalue weighted by molar-refractivity contribution is -0.140. The molecule has 0 unspecified atom stereocenters. The Kier molecular flexibility index (Phi) is 10.8. The average Bonchev–Trinajstić information content (AvgIpc) is 2.91. The van der Waals surface area contributed by atoms with Crippen molar-refractivity contribution in [2.45, 2.75) is 58.5 Å². The zero-order valence-electron chi connectivity index (χ0n) is 23.7. The van der Waals surface area contributed by atoms with E-state index in [1.807, 2.05) is 58.9 Å². The Morgan fingerprint density at radius 3 is 2.15 bits per heavy atom. The maximum atomic E-state index is 14.1. The molecule has 1 N–H and O–H groups in total. The van der Waals surface area contributed by atoms with Crippen LogP contribution in [0.25, 0.3) is 0 Å². The Labute approximate surface area is 243 Å². The van der Waals surface area contributed by atoms with Gasteiger partial charge in [-0.2, -0.15) is 0 Å². The number of sulfonamides is 1. The predicted octanol–water partition coefficient (Wildman–Crippen LogP) is 5.73. The van der Waals surface area contributed by atoms with Gasteiger partial charge in [-0.05, 0) is 68.1 Å². The van der Waals surface area contributed by atoms with Crippen LogP contribution in [0.5, 0.6) is 0 Å². The minimum atomic E-state index is -4.12. The van der Waals surface area contributed by atoms with Gasteiger partial charge in [0.2, 0.25) is 11.8 Å². The van der Waals surface area contributed by atoms with Crippen molar-refractivity contribution in [3.8, 4) is 0 Å². The van der Waals surface area contributed by atoms with Gasteiger partial charge in [-0.3, -0.25) is 13.9 Å². The van der Waals surface area contributed by atoms with E-state index in [4.69, 9.17) is 11.6 Å². The minimum absolute atomic E-state index is 0.0628. The molecule has 7 nitrogen and oxygen atoms in total. The van der Waals surface area contributed by atoms with E-state index < -0.39 is 28.5 Å². The van der Waals surface area contributed by atoms with Crippen molar-refractivity contribution in [3.63, 3.8) is 0 Å². The number of halogens is 1. The van der Waals surface area contributed by atoms with Crippen molar-refractivity contribution in [3.05, 3.63) is 94.5 Å². The summed E-state index contributed by atoms with van der Waals surface area (Å²) in [5.74, 6) is -0.516. The van der Waals surface area contributed by atoms with E-state index in [0.717, 1.165) is 21.0 Å². The molecular formula is C31H38ClN3O4S. The standard InChI is InChI=1S/C31H38ClN3O4S/c1-6-29(31(37)33-19-22(2)3)34(20-25-9-7-8-24(5)18-25)30(36)21-35(27-14-12-26(32)13-15-27)40(38,39)28-16-10-23(4)11-17-28/h7-18,22,29H,6,19-21H2,1-5H3,(H,33,37)/t29-/m0/s1. The number of carbonyl (C=O) groups is 2. The first kappa shape index (κ1) is 31.2. The number of rotatable bonds is 12. The van der Waals surface area contributed by atoms with Crippen molar-refractivity contribution in [1.82, 2.24) is 10.2 Å². The van der Waals surface area contributed by atoms with E-state index in [0.29, 0.717) is 23.7 Å². The number of hydrogen-bond acceptors (Lipinski definition) is 4. The highest BCUT2D eigenvalue weighted by Gasteiger charge is 2.33. The topological polar surface area (TPSA) is 86.8 Å². The molecule has 0 fully saturated rings. The van der Waals surface area contributed by atoms with Crippen LogP contribution < -0.4 is 9.62 Å². The molecule has 40 heavy (non-hydrogen) atoms. The molecule has 0 aliphatic heterocycles. The number of anilines is 1. The Morgan fingerprint density at radius 1 is 0.925 bits per heavy atom. The molecule has 0 spiro atoms. The molecule has 0 aliphatic carbocycles. The van der Waals surface area contributed by atoms with E-state index in [1.54, 1.807) is 36.4 Å². The normalized spacial score (nSPS) is 12.2. The fourth-order valence-electron chi connectivity index (χ4n) is 4.32. The van der Waals surface area contributed by atoms with E-state index in [-0.39, 0.29) is 23.3 Å². The van der Waals surface area contributed by atoms with Crippen LogP contribution in [0.1, 0.15) is 43.9 Å². The Morgan fingerprint density at radius 2 is 1.57 bits per heavy atom. The molecule has 3 aromatic carbocycles. The highest BCUT2D eigenvalue weighted by Crippen LogP contribution is 2.26. The summed E-state index contributed by atoms with van der Waals surface area (Å²) in [6.07, 6.45) is 0.368. The van der Waals surface area contributed by atoms with E-state index in [2.05, 4.69) is 5.32 Å². The molecule has 0 saturated heterocycles. The largest absolute Gasteiger partial charge is 0.354 e. The summed E-state index contributed by atoms with van der Waals surface area (Å²) in [5.41, 5.74) is 3.08. The first-order valence-electron chi connectivity index (χ1n) is 13.4. The minimum Gasteiger partial charge on any atom is -0.354 e. The summed E-state index contributed by atoms with van der Waals surface area (Å²) >= 11 is 6.08. The lowest BCUT2D eigenvalue weighted by atomic mass is 10.1. The third-order valence-electron chi connectivity index (χ3n) is 6.51. The molecule has 0 saturated carbocycles. The third kappa shape index (κ3) is 8.08. The van der Waals surface area contributed by atoms with Gasteiger partial charge < -0.3 is 10.2 Å². The SMILES string of the molecule is CC[C@@H](C(=O)NCC(C)C)N(Cc1cccc(C)c1)C(=O)CN(c1ccc(Cl)cc1)S(=O)(=O)c1ccc(C)cc1. The van der Waals surface area contributed by atoms with Gasteiger partial charge in [-0.1, -0.05) is 79.9 Å². The second-order valence-corrected chi connectivity index (χ2v) is 12.7. The Hall–Kier alpha value is -3.36. The number of amides is 2. The van der Waals surface area contributed by atoms with Crippen LogP contribution >= 0.6 is 11.6 Å². The van der Waals surface area contributed by atoms with Gasteiger partial charge >= 0.3 is 0 Å². The van der Waals surface area contributed by atoms with Crippen LogP contribution in [0.2, 0.25) is 5.02 Å². The molecule has 3 aromatic rings. The van der Waals surface area contributed by atoms with E-state index >= 15 is 0 Å². The van der Waals surface area contributed by atoms with Crippen LogP contribution in [-0.2, 0) is 26.2 Å². The zero-order valence-corrected chi connectivity index (χ0v) is 25.3. The van der Waals surface area contributed by atoms with Crippen LogP contribution in [-0.4, -0.2) is 44.3 Å². The van der Waals surface area contributed by atoms with Crippen molar-refractivity contribution in [2.24, 2.45) is 5.92 Å². The fourth-order valence-corrected chi connectivity index (χ4v) is 5.86. The van der Waals surface area contributed by atoms with Crippen LogP contribution in [0, 0.1) is 19.8 Å². The lowest BCUT2D eigenvalue weighted by Crippen LogP contribution is -2.52. The highest BCUT2D eigenvalue weighted by molar-refractivity contribution is 7.92. The van der Waals surface area contributed by atoms with E-state index in [1.165, 1.54) is 17.0 Å². The monoisotopic (exact) mass is 583 g/mol. The number of aryl methyl sites for hydroxylation is 2. The van der Waals surface area contributed by atoms with Gasteiger partial charge in [0.15, 0.2) is 0 Å². The molecule has 0 aromatic heterocycles. The fraction of sp³-hybridized carbons (Fsp3) is 0.355. The van der Waals surface area contributed by atoms with Crippen molar-refractivity contribution >= 4 is 39.1 Å².